The number of hydrogen-bond donors (Lipinski definition) is 0. The maximum Gasteiger partial charge on any atom is 0.151 e. The molecule has 3 nitrogen and oxygen atoms in total. The third-order valence-electron chi connectivity index (χ3n) is 3.10. The minimum Gasteiger partial charge on any atom is -0.487 e. The Labute approximate surface area is 125 Å². The zero-order chi connectivity index (χ0) is 14.8. The molecular formula is C16H19ClN2O. The Morgan fingerprint density at radius 3 is 2.40 bits per heavy atom. The third-order valence-corrected chi connectivity index (χ3v) is 3.31. The van der Waals surface area contributed by atoms with Gasteiger partial charge in [0.05, 0.1) is 0 Å². The van der Waals surface area contributed by atoms with Crippen LogP contribution >= 0.6 is 11.6 Å². The van der Waals surface area contributed by atoms with E-state index in [1.165, 1.54) is 5.56 Å². The molecule has 0 fully saturated rings. The number of aromatic nitrogens is 2. The van der Waals surface area contributed by atoms with Gasteiger partial charge in [0.15, 0.2) is 5.15 Å². The summed E-state index contributed by atoms with van der Waals surface area (Å²) in [6.07, 6.45) is 0. The van der Waals surface area contributed by atoms with Crippen molar-refractivity contribution >= 4 is 11.6 Å². The van der Waals surface area contributed by atoms with Gasteiger partial charge in [-0.05, 0) is 41.7 Å². The first kappa shape index (κ1) is 14.8. The van der Waals surface area contributed by atoms with E-state index >= 15 is 0 Å². The summed E-state index contributed by atoms with van der Waals surface area (Å²) in [4.78, 5) is 0. The first-order valence-corrected chi connectivity index (χ1v) is 6.96. The Morgan fingerprint density at radius 2 is 1.85 bits per heavy atom. The molecule has 0 amide bonds. The molecule has 0 unspecified atom stereocenters. The summed E-state index contributed by atoms with van der Waals surface area (Å²) in [5.74, 6) is 0.870. The molecule has 1 heterocycles. The van der Waals surface area contributed by atoms with Crippen LogP contribution in [0.25, 0.3) is 0 Å². The van der Waals surface area contributed by atoms with Crippen LogP contribution in [0.2, 0.25) is 5.15 Å². The number of nitrogens with zero attached hydrogens (tertiary/aromatic N) is 2. The summed E-state index contributed by atoms with van der Waals surface area (Å²) in [5.41, 5.74) is 3.33. The summed E-state index contributed by atoms with van der Waals surface area (Å²) < 4.78 is 5.78. The van der Waals surface area contributed by atoms with Gasteiger partial charge in [-0.2, -0.15) is 5.10 Å². The number of hydrogen-bond acceptors (Lipinski definition) is 3. The van der Waals surface area contributed by atoms with E-state index in [9.17, 15) is 0 Å². The maximum atomic E-state index is 5.78. The van der Waals surface area contributed by atoms with Gasteiger partial charge in [0.2, 0.25) is 0 Å². The SMILES string of the molecule is Cc1cc(C(C)(C)C)ccc1OCc1ccc(Cl)nn1. The average Bonchev–Trinajstić information content (AvgIpc) is 2.38. The highest BCUT2D eigenvalue weighted by molar-refractivity contribution is 6.29. The summed E-state index contributed by atoms with van der Waals surface area (Å²) in [6, 6.07) is 9.81. The van der Waals surface area contributed by atoms with E-state index in [1.54, 1.807) is 6.07 Å². The highest BCUT2D eigenvalue weighted by Gasteiger charge is 2.14. The second-order valence-corrected chi connectivity index (χ2v) is 6.25. The third kappa shape index (κ3) is 3.70. The lowest BCUT2D eigenvalue weighted by Gasteiger charge is -2.20. The van der Waals surface area contributed by atoms with Crippen LogP contribution in [0.3, 0.4) is 0 Å². The van der Waals surface area contributed by atoms with Gasteiger partial charge in [-0.3, -0.25) is 0 Å². The molecule has 20 heavy (non-hydrogen) atoms. The molecule has 1 aromatic carbocycles. The molecule has 0 spiro atoms. The molecule has 0 radical (unpaired) electrons. The molecule has 0 saturated heterocycles. The van der Waals surface area contributed by atoms with Crippen molar-refractivity contribution in [2.24, 2.45) is 0 Å². The molecular weight excluding hydrogens is 272 g/mol. The molecule has 0 saturated carbocycles. The van der Waals surface area contributed by atoms with Crippen molar-refractivity contribution in [3.05, 3.63) is 52.3 Å². The van der Waals surface area contributed by atoms with Crippen molar-refractivity contribution in [3.8, 4) is 5.75 Å². The Bertz CT molecular complexity index is 588. The molecule has 2 rings (SSSR count). The fraction of sp³-hybridized carbons (Fsp3) is 0.375. The molecule has 0 aliphatic rings. The summed E-state index contributed by atoms with van der Waals surface area (Å²) in [6.45, 7) is 9.04. The molecule has 0 N–H and O–H groups in total. The normalized spacial score (nSPS) is 11.4. The number of benzene rings is 1. The van der Waals surface area contributed by atoms with Gasteiger partial charge < -0.3 is 4.74 Å². The van der Waals surface area contributed by atoms with Crippen LogP contribution in [0.4, 0.5) is 0 Å². The first-order chi connectivity index (χ1) is 9.36. The Balaban J connectivity index is 2.08. The summed E-state index contributed by atoms with van der Waals surface area (Å²) in [5, 5.41) is 8.16. The summed E-state index contributed by atoms with van der Waals surface area (Å²) >= 11 is 5.70. The van der Waals surface area contributed by atoms with Crippen molar-refractivity contribution in [2.45, 2.75) is 39.7 Å². The highest BCUT2D eigenvalue weighted by atomic mass is 35.5. The molecule has 4 heteroatoms. The van der Waals surface area contributed by atoms with Crippen LogP contribution in [-0.4, -0.2) is 10.2 Å². The molecule has 0 atom stereocenters. The average molecular weight is 291 g/mol. The zero-order valence-corrected chi connectivity index (χ0v) is 13.0. The van der Waals surface area contributed by atoms with Crippen molar-refractivity contribution in [1.82, 2.24) is 10.2 Å². The smallest absolute Gasteiger partial charge is 0.151 e. The summed E-state index contributed by atoms with van der Waals surface area (Å²) in [7, 11) is 0. The Kier molecular flexibility index (Phi) is 4.29. The fourth-order valence-corrected chi connectivity index (χ4v) is 1.95. The van der Waals surface area contributed by atoms with Gasteiger partial charge in [0, 0.05) is 0 Å². The van der Waals surface area contributed by atoms with Crippen LogP contribution in [0.1, 0.15) is 37.6 Å². The maximum absolute atomic E-state index is 5.78. The van der Waals surface area contributed by atoms with Crippen LogP contribution in [0.15, 0.2) is 30.3 Å². The number of rotatable bonds is 3. The van der Waals surface area contributed by atoms with E-state index in [0.29, 0.717) is 11.8 Å². The largest absolute Gasteiger partial charge is 0.487 e. The van der Waals surface area contributed by atoms with Crippen LogP contribution in [0.5, 0.6) is 5.75 Å². The van der Waals surface area contributed by atoms with Crippen molar-refractivity contribution < 1.29 is 4.74 Å². The van der Waals surface area contributed by atoms with Gasteiger partial charge in [-0.25, -0.2) is 0 Å². The molecule has 106 valence electrons. The molecule has 0 aliphatic heterocycles. The predicted octanol–water partition coefficient (Wildman–Crippen LogP) is 4.31. The van der Waals surface area contributed by atoms with Gasteiger partial charge in [-0.1, -0.05) is 44.5 Å². The van der Waals surface area contributed by atoms with E-state index in [0.717, 1.165) is 17.0 Å². The van der Waals surface area contributed by atoms with Crippen molar-refractivity contribution in [3.63, 3.8) is 0 Å². The minimum absolute atomic E-state index is 0.144. The van der Waals surface area contributed by atoms with Gasteiger partial charge in [-0.15, -0.1) is 5.10 Å². The standard InChI is InChI=1S/C16H19ClN2O/c1-11-9-12(16(2,3)4)5-7-14(11)20-10-13-6-8-15(17)19-18-13/h5-9H,10H2,1-4H3. The van der Waals surface area contributed by atoms with Crippen LogP contribution in [0, 0.1) is 6.92 Å². The topological polar surface area (TPSA) is 35.0 Å². The van der Waals surface area contributed by atoms with Gasteiger partial charge >= 0.3 is 0 Å². The minimum atomic E-state index is 0.144. The molecule has 2 aromatic rings. The molecule has 0 bridgehead atoms. The van der Waals surface area contributed by atoms with Crippen molar-refractivity contribution in [2.75, 3.05) is 0 Å². The van der Waals surface area contributed by atoms with E-state index < -0.39 is 0 Å². The lowest BCUT2D eigenvalue weighted by Crippen LogP contribution is -2.11. The lowest BCUT2D eigenvalue weighted by atomic mass is 9.86. The second-order valence-electron chi connectivity index (χ2n) is 5.87. The van der Waals surface area contributed by atoms with E-state index in [1.807, 2.05) is 12.1 Å². The molecule has 0 aliphatic carbocycles. The van der Waals surface area contributed by atoms with Gasteiger partial charge in [0.25, 0.3) is 0 Å². The van der Waals surface area contributed by atoms with Gasteiger partial charge in [0.1, 0.15) is 18.1 Å². The van der Waals surface area contributed by atoms with Crippen molar-refractivity contribution in [1.29, 1.82) is 0 Å². The quantitative estimate of drug-likeness (QED) is 0.844. The second kappa shape index (κ2) is 5.80. The zero-order valence-electron chi connectivity index (χ0n) is 12.3. The first-order valence-electron chi connectivity index (χ1n) is 6.58. The van der Waals surface area contributed by atoms with E-state index in [4.69, 9.17) is 16.3 Å². The predicted molar refractivity (Wildman–Crippen MR) is 81.3 cm³/mol. The van der Waals surface area contributed by atoms with E-state index in [-0.39, 0.29) is 5.41 Å². The number of ether oxygens (including phenoxy) is 1. The van der Waals surface area contributed by atoms with Crippen LogP contribution < -0.4 is 4.74 Å². The lowest BCUT2D eigenvalue weighted by molar-refractivity contribution is 0.297. The Morgan fingerprint density at radius 1 is 1.10 bits per heavy atom. The monoisotopic (exact) mass is 290 g/mol. The Hall–Kier alpha value is -1.61. The van der Waals surface area contributed by atoms with Crippen LogP contribution in [-0.2, 0) is 12.0 Å². The highest BCUT2D eigenvalue weighted by Crippen LogP contribution is 2.27. The molecule has 1 aromatic heterocycles. The number of halogens is 1. The fourth-order valence-electron chi connectivity index (χ4n) is 1.85. The van der Waals surface area contributed by atoms with E-state index in [2.05, 4.69) is 50.0 Å². The number of aryl methyl sites for hydroxylation is 1.